The second-order valence-electron chi connectivity index (χ2n) is 4.98. The molecule has 5 heteroatoms. The van der Waals surface area contributed by atoms with Crippen molar-refractivity contribution in [1.29, 1.82) is 0 Å². The van der Waals surface area contributed by atoms with Gasteiger partial charge in [0.1, 0.15) is 5.69 Å². The van der Waals surface area contributed by atoms with Gasteiger partial charge in [0.05, 0.1) is 11.2 Å². The number of rotatable bonds is 5. The minimum absolute atomic E-state index is 0.0470. The molecule has 100 valence electrons. The van der Waals surface area contributed by atoms with Gasteiger partial charge in [0.2, 0.25) is 0 Å². The van der Waals surface area contributed by atoms with Gasteiger partial charge in [-0.2, -0.15) is 5.10 Å². The highest BCUT2D eigenvalue weighted by atomic mass is 16.2. The van der Waals surface area contributed by atoms with Gasteiger partial charge in [0, 0.05) is 13.1 Å². The number of carbonyl (C=O) groups is 1. The van der Waals surface area contributed by atoms with Crippen molar-refractivity contribution in [2.24, 2.45) is 5.73 Å². The van der Waals surface area contributed by atoms with Crippen LogP contribution in [0.4, 0.5) is 0 Å². The van der Waals surface area contributed by atoms with Crippen molar-refractivity contribution >= 4 is 5.91 Å². The SMILES string of the molecule is CCc1cc(C(=O)NC2(CN)CCC2)n(CC)n1. The number of nitrogens with one attached hydrogen (secondary N) is 1. The lowest BCUT2D eigenvalue weighted by Crippen LogP contribution is -2.58. The molecule has 0 spiro atoms. The van der Waals surface area contributed by atoms with E-state index in [2.05, 4.69) is 10.4 Å². The fraction of sp³-hybridized carbons (Fsp3) is 0.692. The molecule has 2 rings (SSSR count). The predicted molar refractivity (Wildman–Crippen MR) is 70.4 cm³/mol. The van der Waals surface area contributed by atoms with Gasteiger partial charge in [-0.05, 0) is 38.7 Å². The van der Waals surface area contributed by atoms with Crippen molar-refractivity contribution < 1.29 is 4.79 Å². The molecule has 0 aromatic carbocycles. The normalized spacial score (nSPS) is 17.3. The second-order valence-corrected chi connectivity index (χ2v) is 4.98. The van der Waals surface area contributed by atoms with Crippen LogP contribution in [0, 0.1) is 0 Å². The molecule has 1 aliphatic carbocycles. The molecule has 0 bridgehead atoms. The zero-order chi connectivity index (χ0) is 13.2. The molecule has 1 aromatic heterocycles. The van der Waals surface area contributed by atoms with Crippen molar-refractivity contribution in [3.05, 3.63) is 17.5 Å². The molecule has 1 aromatic rings. The molecule has 1 aliphatic rings. The highest BCUT2D eigenvalue weighted by Gasteiger charge is 2.37. The van der Waals surface area contributed by atoms with Gasteiger partial charge in [-0.25, -0.2) is 0 Å². The van der Waals surface area contributed by atoms with Crippen molar-refractivity contribution in [2.45, 2.75) is 51.6 Å². The highest BCUT2D eigenvalue weighted by molar-refractivity contribution is 5.93. The Morgan fingerprint density at radius 3 is 2.72 bits per heavy atom. The molecule has 0 atom stereocenters. The van der Waals surface area contributed by atoms with E-state index in [1.807, 2.05) is 19.9 Å². The van der Waals surface area contributed by atoms with Crippen molar-refractivity contribution in [3.63, 3.8) is 0 Å². The number of carbonyl (C=O) groups excluding carboxylic acids is 1. The van der Waals surface area contributed by atoms with Gasteiger partial charge in [-0.15, -0.1) is 0 Å². The fourth-order valence-electron chi connectivity index (χ4n) is 2.36. The second kappa shape index (κ2) is 5.10. The first-order valence-electron chi connectivity index (χ1n) is 6.73. The average molecular weight is 250 g/mol. The van der Waals surface area contributed by atoms with Gasteiger partial charge in [0.25, 0.3) is 5.91 Å². The summed E-state index contributed by atoms with van der Waals surface area (Å²) < 4.78 is 1.76. The quantitative estimate of drug-likeness (QED) is 0.821. The van der Waals surface area contributed by atoms with Crippen LogP contribution in [0.25, 0.3) is 0 Å². The third-order valence-electron chi connectivity index (χ3n) is 3.81. The van der Waals surface area contributed by atoms with E-state index in [0.29, 0.717) is 18.8 Å². The Morgan fingerprint density at radius 2 is 2.28 bits per heavy atom. The molecular weight excluding hydrogens is 228 g/mol. The van der Waals surface area contributed by atoms with E-state index in [-0.39, 0.29) is 11.4 Å². The van der Waals surface area contributed by atoms with Gasteiger partial charge in [0.15, 0.2) is 0 Å². The van der Waals surface area contributed by atoms with E-state index >= 15 is 0 Å². The Kier molecular flexibility index (Phi) is 3.71. The lowest BCUT2D eigenvalue weighted by Gasteiger charge is -2.41. The Bertz CT molecular complexity index is 429. The molecule has 18 heavy (non-hydrogen) atoms. The van der Waals surface area contributed by atoms with Crippen molar-refractivity contribution in [2.75, 3.05) is 6.54 Å². The van der Waals surface area contributed by atoms with Gasteiger partial charge in [-0.1, -0.05) is 6.92 Å². The average Bonchev–Trinajstić information content (AvgIpc) is 2.77. The van der Waals surface area contributed by atoms with E-state index in [1.165, 1.54) is 0 Å². The number of hydrogen-bond acceptors (Lipinski definition) is 3. The first kappa shape index (κ1) is 13.1. The smallest absolute Gasteiger partial charge is 0.270 e. The van der Waals surface area contributed by atoms with E-state index in [1.54, 1.807) is 4.68 Å². The van der Waals surface area contributed by atoms with Gasteiger partial charge < -0.3 is 11.1 Å². The summed E-state index contributed by atoms with van der Waals surface area (Å²) in [7, 11) is 0. The predicted octanol–water partition coefficient (Wildman–Crippen LogP) is 1.08. The fourth-order valence-corrected chi connectivity index (χ4v) is 2.36. The topological polar surface area (TPSA) is 72.9 Å². The standard InChI is InChI=1S/C13H22N4O/c1-3-10-8-11(17(4-2)16-10)12(18)15-13(9-14)6-5-7-13/h8H,3-7,9,14H2,1-2H3,(H,15,18). The maximum atomic E-state index is 12.3. The zero-order valence-corrected chi connectivity index (χ0v) is 11.2. The van der Waals surface area contributed by atoms with E-state index < -0.39 is 0 Å². The van der Waals surface area contributed by atoms with E-state index in [4.69, 9.17) is 5.73 Å². The maximum absolute atomic E-state index is 12.3. The number of nitrogens with zero attached hydrogens (tertiary/aromatic N) is 2. The van der Waals surface area contributed by atoms with Crippen LogP contribution < -0.4 is 11.1 Å². The number of amides is 1. The van der Waals surface area contributed by atoms with E-state index in [9.17, 15) is 4.79 Å². The number of hydrogen-bond donors (Lipinski definition) is 2. The van der Waals surface area contributed by atoms with Crippen LogP contribution in [0.15, 0.2) is 6.07 Å². The van der Waals surface area contributed by atoms with Gasteiger partial charge in [-0.3, -0.25) is 9.48 Å². The van der Waals surface area contributed by atoms with Crippen molar-refractivity contribution in [3.8, 4) is 0 Å². The molecule has 0 saturated heterocycles. The molecule has 1 heterocycles. The summed E-state index contributed by atoms with van der Waals surface area (Å²) >= 11 is 0. The zero-order valence-electron chi connectivity index (χ0n) is 11.2. The lowest BCUT2D eigenvalue weighted by molar-refractivity contribution is 0.0826. The largest absolute Gasteiger partial charge is 0.344 e. The molecule has 5 nitrogen and oxygen atoms in total. The lowest BCUT2D eigenvalue weighted by atomic mass is 9.76. The first-order chi connectivity index (χ1) is 8.64. The van der Waals surface area contributed by atoms with Crippen LogP contribution in [0.1, 0.15) is 49.3 Å². The summed E-state index contributed by atoms with van der Waals surface area (Å²) in [5, 5.41) is 7.48. The van der Waals surface area contributed by atoms with Crippen LogP contribution in [-0.2, 0) is 13.0 Å². The summed E-state index contributed by atoms with van der Waals surface area (Å²) in [4.78, 5) is 12.3. The summed E-state index contributed by atoms with van der Waals surface area (Å²) in [6, 6.07) is 1.88. The molecule has 0 aliphatic heterocycles. The number of aryl methyl sites for hydroxylation is 2. The minimum atomic E-state index is -0.174. The Morgan fingerprint density at radius 1 is 1.56 bits per heavy atom. The van der Waals surface area contributed by atoms with Crippen LogP contribution in [0.2, 0.25) is 0 Å². The molecule has 3 N–H and O–H groups in total. The molecule has 0 radical (unpaired) electrons. The van der Waals surface area contributed by atoms with Crippen LogP contribution in [0.3, 0.4) is 0 Å². The van der Waals surface area contributed by atoms with Crippen LogP contribution >= 0.6 is 0 Å². The third kappa shape index (κ3) is 2.27. The molecule has 1 fully saturated rings. The summed E-state index contributed by atoms with van der Waals surface area (Å²) in [5.74, 6) is -0.0470. The van der Waals surface area contributed by atoms with Crippen molar-refractivity contribution in [1.82, 2.24) is 15.1 Å². The molecule has 1 saturated carbocycles. The maximum Gasteiger partial charge on any atom is 0.270 e. The first-order valence-corrected chi connectivity index (χ1v) is 6.73. The van der Waals surface area contributed by atoms with Crippen LogP contribution in [-0.4, -0.2) is 27.8 Å². The Labute approximate surface area is 108 Å². The summed E-state index contributed by atoms with van der Waals surface area (Å²) in [5.41, 5.74) is 7.19. The molecular formula is C13H22N4O. The minimum Gasteiger partial charge on any atom is -0.344 e. The summed E-state index contributed by atoms with van der Waals surface area (Å²) in [6.45, 7) is 5.25. The third-order valence-corrected chi connectivity index (χ3v) is 3.81. The van der Waals surface area contributed by atoms with Gasteiger partial charge >= 0.3 is 0 Å². The number of nitrogens with two attached hydrogens (primary N) is 1. The van der Waals surface area contributed by atoms with E-state index in [0.717, 1.165) is 31.4 Å². The molecule has 1 amide bonds. The Hall–Kier alpha value is -1.36. The monoisotopic (exact) mass is 250 g/mol. The summed E-state index contributed by atoms with van der Waals surface area (Å²) in [6.07, 6.45) is 3.95. The number of aromatic nitrogens is 2. The van der Waals surface area contributed by atoms with Crippen LogP contribution in [0.5, 0.6) is 0 Å². The molecule has 0 unspecified atom stereocenters. The Balaban J connectivity index is 2.15. The highest BCUT2D eigenvalue weighted by Crippen LogP contribution is 2.30.